The number of carbonyl (C=O) groups is 1. The molecule has 0 aromatic carbocycles. The quantitative estimate of drug-likeness (QED) is 0.532. The van der Waals surface area contributed by atoms with Gasteiger partial charge in [-0.1, -0.05) is 0 Å². The van der Waals surface area contributed by atoms with Crippen LogP contribution in [0.1, 0.15) is 6.92 Å². The van der Waals surface area contributed by atoms with Crippen molar-refractivity contribution in [3.63, 3.8) is 0 Å². The Labute approximate surface area is 171 Å². The molecule has 2 amide bonds. The van der Waals surface area contributed by atoms with Crippen LogP contribution in [0, 0.1) is 0 Å². The van der Waals surface area contributed by atoms with Crippen molar-refractivity contribution < 1.29 is 4.79 Å². The summed E-state index contributed by atoms with van der Waals surface area (Å²) in [6, 6.07) is 3.42. The van der Waals surface area contributed by atoms with Crippen LogP contribution in [0.25, 0.3) is 11.5 Å². The fourth-order valence-corrected chi connectivity index (χ4v) is 3.59. The van der Waals surface area contributed by atoms with Gasteiger partial charge in [0.25, 0.3) is 0 Å². The van der Waals surface area contributed by atoms with E-state index in [2.05, 4.69) is 47.4 Å². The van der Waals surface area contributed by atoms with Crippen LogP contribution in [0.4, 0.5) is 16.3 Å². The number of nitrogens with one attached hydrogen (secondary N) is 1. The number of amides is 2. The van der Waals surface area contributed by atoms with Crippen molar-refractivity contribution in [1.82, 2.24) is 44.2 Å². The van der Waals surface area contributed by atoms with Crippen molar-refractivity contribution in [3.05, 3.63) is 49.7 Å². The largest absolute Gasteiger partial charge is 0.347 e. The molecule has 0 bridgehead atoms. The van der Waals surface area contributed by atoms with Gasteiger partial charge in [-0.3, -0.25) is 4.40 Å². The molecule has 152 valence electrons. The number of piperazine rings is 1. The summed E-state index contributed by atoms with van der Waals surface area (Å²) in [5, 5.41) is 15.2. The van der Waals surface area contributed by atoms with E-state index in [1.165, 1.54) is 17.3 Å². The van der Waals surface area contributed by atoms with Gasteiger partial charge in [0, 0.05) is 44.3 Å². The normalized spacial score (nSPS) is 16.8. The molecular weight excluding hydrogens is 386 g/mol. The molecule has 30 heavy (non-hydrogen) atoms. The SMILES string of the molecule is CC1CN(C(=O)Nc2cccnc2-n2cncn2)CCN1c1nccn2cnnc12. The molecule has 5 rings (SSSR count). The fourth-order valence-electron chi connectivity index (χ4n) is 3.59. The lowest BCUT2D eigenvalue weighted by atomic mass is 10.2. The Kier molecular flexibility index (Phi) is 4.42. The molecule has 0 saturated carbocycles. The summed E-state index contributed by atoms with van der Waals surface area (Å²) < 4.78 is 3.35. The Morgan fingerprint density at radius 1 is 1.17 bits per heavy atom. The van der Waals surface area contributed by atoms with Gasteiger partial charge in [-0.25, -0.2) is 24.4 Å². The van der Waals surface area contributed by atoms with Crippen LogP contribution in [0.3, 0.4) is 0 Å². The van der Waals surface area contributed by atoms with E-state index in [-0.39, 0.29) is 12.1 Å². The van der Waals surface area contributed by atoms with Gasteiger partial charge in [0.05, 0.1) is 5.69 Å². The summed E-state index contributed by atoms with van der Waals surface area (Å²) in [5.74, 6) is 1.28. The number of aromatic nitrogens is 8. The first-order chi connectivity index (χ1) is 14.7. The minimum Gasteiger partial charge on any atom is -0.347 e. The molecule has 1 saturated heterocycles. The lowest BCUT2D eigenvalue weighted by Crippen LogP contribution is -2.55. The van der Waals surface area contributed by atoms with E-state index in [0.29, 0.717) is 36.8 Å². The van der Waals surface area contributed by atoms with Gasteiger partial charge in [-0.15, -0.1) is 10.2 Å². The zero-order chi connectivity index (χ0) is 20.5. The van der Waals surface area contributed by atoms with Gasteiger partial charge in [-0.2, -0.15) is 5.10 Å². The summed E-state index contributed by atoms with van der Waals surface area (Å²) in [7, 11) is 0. The van der Waals surface area contributed by atoms with E-state index < -0.39 is 0 Å². The number of rotatable bonds is 3. The van der Waals surface area contributed by atoms with Gasteiger partial charge in [-0.05, 0) is 19.1 Å². The highest BCUT2D eigenvalue weighted by Crippen LogP contribution is 2.23. The molecular formula is C18H19N11O. The van der Waals surface area contributed by atoms with Gasteiger partial charge < -0.3 is 15.1 Å². The third-order valence-electron chi connectivity index (χ3n) is 5.05. The van der Waals surface area contributed by atoms with E-state index in [9.17, 15) is 4.79 Å². The second-order valence-electron chi connectivity index (χ2n) is 6.95. The average molecular weight is 405 g/mol. The van der Waals surface area contributed by atoms with Crippen molar-refractivity contribution in [2.24, 2.45) is 0 Å². The Morgan fingerprint density at radius 2 is 2.07 bits per heavy atom. The summed E-state index contributed by atoms with van der Waals surface area (Å²) in [6.07, 6.45) is 9.79. The second-order valence-corrected chi connectivity index (χ2v) is 6.95. The molecule has 4 aromatic heterocycles. The maximum atomic E-state index is 12.9. The minimum absolute atomic E-state index is 0.0589. The molecule has 5 heterocycles. The molecule has 1 unspecified atom stereocenters. The van der Waals surface area contributed by atoms with E-state index in [4.69, 9.17) is 0 Å². The van der Waals surface area contributed by atoms with E-state index in [1.807, 2.05) is 10.6 Å². The Morgan fingerprint density at radius 3 is 2.90 bits per heavy atom. The highest BCUT2D eigenvalue weighted by Gasteiger charge is 2.29. The molecule has 0 spiro atoms. The fraction of sp³-hybridized carbons (Fsp3) is 0.278. The van der Waals surface area contributed by atoms with Crippen LogP contribution in [0.15, 0.2) is 49.7 Å². The van der Waals surface area contributed by atoms with E-state index in [0.717, 1.165) is 5.82 Å². The Balaban J connectivity index is 1.31. The summed E-state index contributed by atoms with van der Waals surface area (Å²) in [6.45, 7) is 3.79. The number of hydrogen-bond acceptors (Lipinski definition) is 8. The molecule has 4 aromatic rings. The minimum atomic E-state index is -0.190. The monoisotopic (exact) mass is 405 g/mol. The highest BCUT2D eigenvalue weighted by molar-refractivity contribution is 5.91. The van der Waals surface area contributed by atoms with Crippen LogP contribution in [-0.4, -0.2) is 75.9 Å². The molecule has 0 aliphatic carbocycles. The number of nitrogens with zero attached hydrogens (tertiary/aromatic N) is 10. The topological polar surface area (TPSA) is 122 Å². The molecule has 1 atom stereocenters. The van der Waals surface area contributed by atoms with Crippen molar-refractivity contribution >= 4 is 23.2 Å². The molecule has 1 N–H and O–H groups in total. The number of carbonyl (C=O) groups excluding carboxylic acids is 1. The van der Waals surface area contributed by atoms with Gasteiger partial charge >= 0.3 is 6.03 Å². The summed E-state index contributed by atoms with van der Waals surface area (Å²) >= 11 is 0. The van der Waals surface area contributed by atoms with Crippen LogP contribution < -0.4 is 10.2 Å². The predicted octanol–water partition coefficient (Wildman–Crippen LogP) is 0.843. The molecule has 12 nitrogen and oxygen atoms in total. The van der Waals surface area contributed by atoms with Crippen molar-refractivity contribution in [1.29, 1.82) is 0 Å². The third kappa shape index (κ3) is 3.17. The average Bonchev–Trinajstić information content (AvgIpc) is 3.46. The standard InChI is InChI=1S/C18H19N11O/c1-13-9-26(7-8-28(13)16-17-25-22-12-27(17)6-5-21-16)18(30)24-14-3-2-4-20-15(14)29-11-19-10-23-29/h2-6,10-13H,7-9H2,1H3,(H,24,30). The highest BCUT2D eigenvalue weighted by atomic mass is 16.2. The van der Waals surface area contributed by atoms with Crippen LogP contribution >= 0.6 is 0 Å². The first-order valence-corrected chi connectivity index (χ1v) is 9.47. The van der Waals surface area contributed by atoms with Crippen molar-refractivity contribution in [3.8, 4) is 5.82 Å². The zero-order valence-corrected chi connectivity index (χ0v) is 16.2. The number of hydrogen-bond donors (Lipinski definition) is 1. The van der Waals surface area contributed by atoms with Gasteiger partial charge in [0.2, 0.25) is 5.65 Å². The molecule has 1 fully saturated rings. The predicted molar refractivity (Wildman–Crippen MR) is 107 cm³/mol. The number of urea groups is 1. The lowest BCUT2D eigenvalue weighted by molar-refractivity contribution is 0.200. The third-order valence-corrected chi connectivity index (χ3v) is 5.05. The molecule has 1 aliphatic rings. The number of fused-ring (bicyclic) bond motifs is 1. The maximum Gasteiger partial charge on any atom is 0.322 e. The Bertz CT molecular complexity index is 1170. The summed E-state index contributed by atoms with van der Waals surface area (Å²) in [4.78, 5) is 29.6. The van der Waals surface area contributed by atoms with Crippen LogP contribution in [0.5, 0.6) is 0 Å². The molecule has 12 heteroatoms. The van der Waals surface area contributed by atoms with E-state index in [1.54, 1.807) is 35.8 Å². The zero-order valence-electron chi connectivity index (χ0n) is 16.2. The van der Waals surface area contributed by atoms with Crippen LogP contribution in [0.2, 0.25) is 0 Å². The lowest BCUT2D eigenvalue weighted by Gasteiger charge is -2.40. The van der Waals surface area contributed by atoms with Gasteiger partial charge in [0.1, 0.15) is 19.0 Å². The van der Waals surface area contributed by atoms with E-state index >= 15 is 0 Å². The van der Waals surface area contributed by atoms with Gasteiger partial charge in [0.15, 0.2) is 11.6 Å². The Hall–Kier alpha value is -4.09. The smallest absolute Gasteiger partial charge is 0.322 e. The summed E-state index contributed by atoms with van der Waals surface area (Å²) in [5.41, 5.74) is 1.27. The first kappa shape index (κ1) is 18.0. The number of anilines is 2. The second kappa shape index (κ2) is 7.39. The van der Waals surface area contributed by atoms with Crippen molar-refractivity contribution in [2.45, 2.75) is 13.0 Å². The maximum absolute atomic E-state index is 12.9. The van der Waals surface area contributed by atoms with Crippen LogP contribution in [-0.2, 0) is 0 Å². The van der Waals surface area contributed by atoms with Crippen molar-refractivity contribution in [2.75, 3.05) is 29.9 Å². The number of pyridine rings is 1. The molecule has 1 aliphatic heterocycles. The molecule has 0 radical (unpaired) electrons. The first-order valence-electron chi connectivity index (χ1n) is 9.47.